The summed E-state index contributed by atoms with van der Waals surface area (Å²) < 4.78 is 14.8. The van der Waals surface area contributed by atoms with E-state index < -0.39 is 0 Å². The van der Waals surface area contributed by atoms with E-state index in [1.165, 1.54) is 22.7 Å². The zero-order valence-corrected chi connectivity index (χ0v) is 51.2. The molecule has 0 unspecified atom stereocenters. The fourth-order valence-electron chi connectivity index (χ4n) is 13.4. The standard InChI is InChI=1S/C32H36N8O2S.C31H34N8O2S/c1-5-40-29(37(4)31-35-27(26(15-33)43-31)22-8-6-20(2)7-9-22)24-14-25(21(3)34-28(24)36-40)38-16-32(17-38)18-39(19-32)30(41)23-10-12-42-13-11-23;1-5-39-28(36(4)30-34-26(25(13-32)42-30)21-8-6-19(2)7-9-21)23-12-24(20(3)33-27(23)35-39)37-15-31(16-37)17-38(18-31)29(40)22-10-11-41-14-22/h6-9,14,23H,5,10-13,16-19H2,1-4H3;6-9,12,22H,5,10-11,14-18H2,1-4H3/t;22-/m.0/s1. The highest BCUT2D eigenvalue weighted by atomic mass is 32.1. The molecule has 6 saturated heterocycles. The molecule has 0 saturated carbocycles. The lowest BCUT2D eigenvalue weighted by atomic mass is 9.72. The van der Waals surface area contributed by atoms with Gasteiger partial charge in [-0.2, -0.15) is 20.7 Å². The van der Waals surface area contributed by atoms with Crippen LogP contribution in [0.5, 0.6) is 0 Å². The second kappa shape index (κ2) is 22.1. The van der Waals surface area contributed by atoms with Crippen LogP contribution in [0.25, 0.3) is 44.6 Å². The summed E-state index contributed by atoms with van der Waals surface area (Å²) in [4.78, 5) is 59.5. The molecular weight excluding hydrogens is 1110 g/mol. The minimum Gasteiger partial charge on any atom is -0.381 e. The summed E-state index contributed by atoms with van der Waals surface area (Å²) in [6, 6.07) is 25.3. The Morgan fingerprint density at radius 1 is 0.588 bits per heavy atom. The van der Waals surface area contributed by atoms with Crippen molar-refractivity contribution in [3.8, 4) is 34.7 Å². The van der Waals surface area contributed by atoms with Crippen molar-refractivity contribution in [3.05, 3.63) is 92.9 Å². The largest absolute Gasteiger partial charge is 0.381 e. The topological polar surface area (TPSA) is 207 Å². The lowest BCUT2D eigenvalue weighted by molar-refractivity contribution is -0.152. The number of rotatable bonds is 12. The molecule has 1 atom stereocenters. The number of pyridine rings is 2. The van der Waals surface area contributed by atoms with Gasteiger partial charge in [0.05, 0.1) is 46.1 Å². The number of anilines is 6. The quantitative estimate of drug-likeness (QED) is 0.112. The minimum absolute atomic E-state index is 0.0351. The summed E-state index contributed by atoms with van der Waals surface area (Å²) in [6.45, 7) is 23.3. The van der Waals surface area contributed by atoms with Crippen molar-refractivity contribution < 1.29 is 19.1 Å². The van der Waals surface area contributed by atoms with Crippen LogP contribution in [0.4, 0.5) is 33.3 Å². The molecule has 2 aromatic carbocycles. The minimum atomic E-state index is 0.0351. The van der Waals surface area contributed by atoms with Crippen LogP contribution < -0.4 is 19.6 Å². The van der Waals surface area contributed by atoms with Crippen molar-refractivity contribution >= 4 is 89.8 Å². The van der Waals surface area contributed by atoms with Crippen LogP contribution in [0.1, 0.15) is 65.4 Å². The molecule has 6 aliphatic heterocycles. The number of hydrogen-bond acceptors (Lipinski definition) is 18. The van der Waals surface area contributed by atoms with E-state index in [0.717, 1.165) is 149 Å². The van der Waals surface area contributed by atoms with Crippen molar-refractivity contribution in [3.63, 3.8) is 0 Å². The highest BCUT2D eigenvalue weighted by Crippen LogP contribution is 2.48. The van der Waals surface area contributed by atoms with E-state index in [0.29, 0.717) is 77.9 Å². The maximum Gasteiger partial charge on any atom is 0.228 e. The maximum absolute atomic E-state index is 13.0. The Labute approximate surface area is 502 Å². The maximum atomic E-state index is 13.0. The molecule has 85 heavy (non-hydrogen) atoms. The van der Waals surface area contributed by atoms with E-state index in [1.807, 2.05) is 119 Å². The number of carbonyl (C=O) groups is 2. The van der Waals surface area contributed by atoms with Gasteiger partial charge in [-0.1, -0.05) is 82.3 Å². The number of hydrogen-bond donors (Lipinski definition) is 0. The van der Waals surface area contributed by atoms with Gasteiger partial charge in [0.2, 0.25) is 11.8 Å². The van der Waals surface area contributed by atoms with Crippen molar-refractivity contribution in [1.82, 2.24) is 49.3 Å². The average Bonchev–Trinajstić information content (AvgIpc) is 1.19. The molecule has 12 heterocycles. The van der Waals surface area contributed by atoms with Gasteiger partial charge in [-0.3, -0.25) is 9.59 Å². The van der Waals surface area contributed by atoms with E-state index in [2.05, 4.69) is 47.9 Å². The van der Waals surface area contributed by atoms with Crippen LogP contribution in [-0.2, 0) is 32.2 Å². The molecule has 2 spiro atoms. The predicted octanol–water partition coefficient (Wildman–Crippen LogP) is 9.42. The number of carbonyl (C=O) groups excluding carboxylic acids is 2. The fourth-order valence-corrected chi connectivity index (χ4v) is 15.1. The number of ether oxygens (including phenoxy) is 2. The number of aryl methyl sites for hydroxylation is 6. The number of fused-ring (bicyclic) bond motifs is 2. The monoisotopic (exact) mass is 1180 g/mol. The lowest BCUT2D eigenvalue weighted by Gasteiger charge is -2.61. The number of aromatic nitrogens is 8. The Balaban J connectivity index is 0.000000158. The van der Waals surface area contributed by atoms with Crippen molar-refractivity contribution in [1.29, 1.82) is 10.5 Å². The van der Waals surface area contributed by atoms with Crippen molar-refractivity contribution in [2.75, 3.05) is 112 Å². The van der Waals surface area contributed by atoms with Crippen LogP contribution in [0.15, 0.2) is 60.7 Å². The van der Waals surface area contributed by atoms with Gasteiger partial charge in [0.15, 0.2) is 21.6 Å². The molecule has 6 aliphatic rings. The number of likely N-dealkylation sites (tertiary alicyclic amines) is 2. The fraction of sp³-hybridized carbons (Fsp3) is 0.460. The zero-order valence-electron chi connectivity index (χ0n) is 49.6. The van der Waals surface area contributed by atoms with Crippen molar-refractivity contribution in [2.24, 2.45) is 22.7 Å². The van der Waals surface area contributed by atoms with Crippen LogP contribution in [0.2, 0.25) is 0 Å². The van der Waals surface area contributed by atoms with Crippen LogP contribution in [0, 0.1) is 73.0 Å². The molecule has 8 aromatic rings. The van der Waals surface area contributed by atoms with Crippen LogP contribution >= 0.6 is 22.7 Å². The van der Waals surface area contributed by atoms with Crippen molar-refractivity contribution in [2.45, 2.75) is 73.9 Å². The summed E-state index contributed by atoms with van der Waals surface area (Å²) >= 11 is 2.77. The molecule has 0 radical (unpaired) electrons. The molecule has 0 N–H and O–H groups in total. The number of benzene rings is 2. The molecule has 2 amide bonds. The smallest absolute Gasteiger partial charge is 0.228 e. The first-order chi connectivity index (χ1) is 41.1. The molecule has 22 heteroatoms. The summed E-state index contributed by atoms with van der Waals surface area (Å²) in [6.07, 6.45) is 2.52. The van der Waals surface area contributed by atoms with Gasteiger partial charge in [0, 0.05) is 127 Å². The highest BCUT2D eigenvalue weighted by Gasteiger charge is 2.55. The van der Waals surface area contributed by atoms with Gasteiger partial charge in [0.25, 0.3) is 0 Å². The molecule has 0 bridgehead atoms. The summed E-state index contributed by atoms with van der Waals surface area (Å²) in [5.41, 5.74) is 11.5. The average molecular weight is 1180 g/mol. The zero-order chi connectivity index (χ0) is 59.1. The Morgan fingerprint density at radius 3 is 1.38 bits per heavy atom. The number of nitriles is 2. The number of amides is 2. The second-order valence-corrected chi connectivity index (χ2v) is 26.1. The molecule has 6 aromatic heterocycles. The predicted molar refractivity (Wildman–Crippen MR) is 331 cm³/mol. The summed E-state index contributed by atoms with van der Waals surface area (Å²) in [5.74, 6) is 2.53. The molecular formula is C63H70N16O4S2. The second-order valence-electron chi connectivity index (χ2n) is 24.2. The van der Waals surface area contributed by atoms with Gasteiger partial charge < -0.3 is 38.9 Å². The van der Waals surface area contributed by atoms with Gasteiger partial charge in [0.1, 0.15) is 44.9 Å². The van der Waals surface area contributed by atoms with E-state index in [9.17, 15) is 20.1 Å². The van der Waals surface area contributed by atoms with Crippen LogP contribution in [-0.4, -0.2) is 154 Å². The van der Waals surface area contributed by atoms with Crippen LogP contribution in [0.3, 0.4) is 0 Å². The third kappa shape index (κ3) is 10.1. The third-order valence-electron chi connectivity index (χ3n) is 18.0. The third-order valence-corrected chi connectivity index (χ3v) is 20.1. The Morgan fingerprint density at radius 2 is 0.988 bits per heavy atom. The number of thiazole rings is 2. The van der Waals surface area contributed by atoms with E-state index >= 15 is 0 Å². The summed E-state index contributed by atoms with van der Waals surface area (Å²) in [5, 5.41) is 32.9. The van der Waals surface area contributed by atoms with Gasteiger partial charge in [-0.05, 0) is 72.9 Å². The SMILES string of the molecule is CCn1nc2nc(C)c(N3CC4(CN(C(=O)C5CCOCC5)C4)C3)cc2c1N(C)c1nc(-c2ccc(C)cc2)c(C#N)s1.CCn1nc2nc(C)c(N3CC4(CN(C(=O)[C@H]5CCOC5)C4)C3)cc2c1N(C)c1nc(-c2ccc(C)cc2)c(C#N)s1. The van der Waals surface area contributed by atoms with Gasteiger partial charge in [-0.15, -0.1) is 0 Å². The molecule has 438 valence electrons. The van der Waals surface area contributed by atoms with E-state index in [1.54, 1.807) is 0 Å². The Bertz CT molecular complexity index is 3960. The van der Waals surface area contributed by atoms with E-state index in [4.69, 9.17) is 39.6 Å². The lowest BCUT2D eigenvalue weighted by Crippen LogP contribution is -2.73. The first kappa shape index (κ1) is 56.1. The van der Waals surface area contributed by atoms with E-state index in [-0.39, 0.29) is 28.6 Å². The van der Waals surface area contributed by atoms with Gasteiger partial charge >= 0.3 is 0 Å². The molecule has 0 aliphatic carbocycles. The number of nitrogens with zero attached hydrogens (tertiary/aromatic N) is 16. The molecule has 14 rings (SSSR count). The summed E-state index contributed by atoms with van der Waals surface area (Å²) in [7, 11) is 3.97. The Hall–Kier alpha value is -8.02. The molecule has 20 nitrogen and oxygen atoms in total. The normalized spacial score (nSPS) is 18.6. The first-order valence-corrected chi connectivity index (χ1v) is 31.1. The highest BCUT2D eigenvalue weighted by molar-refractivity contribution is 7.17. The molecule has 6 fully saturated rings. The first-order valence-electron chi connectivity index (χ1n) is 29.5. The Kier molecular flexibility index (Phi) is 14.6. The van der Waals surface area contributed by atoms with Gasteiger partial charge in [-0.25, -0.2) is 29.3 Å².